The molecule has 1 aromatic carbocycles. The van der Waals surface area contributed by atoms with Crippen molar-refractivity contribution in [2.45, 2.75) is 26.8 Å². The van der Waals surface area contributed by atoms with E-state index >= 15 is 0 Å². The van der Waals surface area contributed by atoms with Crippen molar-refractivity contribution in [1.82, 2.24) is 15.3 Å². The Hall–Kier alpha value is -2.96. The average molecular weight is 339 g/mol. The first-order chi connectivity index (χ1) is 12.0. The topological polar surface area (TPSA) is 96.0 Å². The van der Waals surface area contributed by atoms with Gasteiger partial charge in [-0.2, -0.15) is 0 Å². The number of rotatable bonds is 5. The molecule has 2 heterocycles. The van der Waals surface area contributed by atoms with E-state index in [2.05, 4.69) is 25.9 Å². The summed E-state index contributed by atoms with van der Waals surface area (Å²) in [5, 5.41) is 8.77. The molecule has 1 aliphatic heterocycles. The fourth-order valence-electron chi connectivity index (χ4n) is 2.77. The Labute approximate surface area is 146 Å². The SMILES string of the molecule is Cc1cc(C)nc(CNc2ccc(NC(=O)C3CNC(=O)C3)cc2)n1. The summed E-state index contributed by atoms with van der Waals surface area (Å²) < 4.78 is 0. The molecule has 2 amide bonds. The van der Waals surface area contributed by atoms with Crippen LogP contribution in [-0.2, 0) is 16.1 Å². The van der Waals surface area contributed by atoms with Crippen molar-refractivity contribution in [2.24, 2.45) is 5.92 Å². The molecule has 0 saturated carbocycles. The summed E-state index contributed by atoms with van der Waals surface area (Å²) in [6, 6.07) is 9.36. The van der Waals surface area contributed by atoms with Crippen LogP contribution in [0.3, 0.4) is 0 Å². The molecule has 25 heavy (non-hydrogen) atoms. The van der Waals surface area contributed by atoms with Gasteiger partial charge in [-0.3, -0.25) is 9.59 Å². The van der Waals surface area contributed by atoms with Gasteiger partial charge in [0.1, 0.15) is 5.82 Å². The summed E-state index contributed by atoms with van der Waals surface area (Å²) in [5.41, 5.74) is 3.51. The second kappa shape index (κ2) is 7.29. The smallest absolute Gasteiger partial charge is 0.229 e. The molecule has 0 spiro atoms. The van der Waals surface area contributed by atoms with Crippen LogP contribution in [0, 0.1) is 19.8 Å². The minimum Gasteiger partial charge on any atom is -0.378 e. The van der Waals surface area contributed by atoms with Gasteiger partial charge in [-0.1, -0.05) is 0 Å². The van der Waals surface area contributed by atoms with Gasteiger partial charge in [0.15, 0.2) is 0 Å². The van der Waals surface area contributed by atoms with E-state index in [1.54, 1.807) is 0 Å². The Morgan fingerprint density at radius 1 is 1.16 bits per heavy atom. The minimum atomic E-state index is -0.299. The molecule has 0 aliphatic carbocycles. The maximum atomic E-state index is 12.1. The van der Waals surface area contributed by atoms with Gasteiger partial charge in [0.25, 0.3) is 0 Å². The summed E-state index contributed by atoms with van der Waals surface area (Å²) in [7, 11) is 0. The highest BCUT2D eigenvalue weighted by Gasteiger charge is 2.27. The maximum Gasteiger partial charge on any atom is 0.229 e. The van der Waals surface area contributed by atoms with Gasteiger partial charge in [-0.25, -0.2) is 9.97 Å². The highest BCUT2D eigenvalue weighted by atomic mass is 16.2. The van der Waals surface area contributed by atoms with Crippen LogP contribution in [0.25, 0.3) is 0 Å². The van der Waals surface area contributed by atoms with Crippen LogP contribution in [0.1, 0.15) is 23.6 Å². The predicted molar refractivity (Wildman–Crippen MR) is 95.0 cm³/mol. The highest BCUT2D eigenvalue weighted by Crippen LogP contribution is 2.17. The fraction of sp³-hybridized carbons (Fsp3) is 0.333. The normalized spacial score (nSPS) is 16.4. The Balaban J connectivity index is 1.55. The van der Waals surface area contributed by atoms with E-state index in [1.165, 1.54) is 0 Å². The zero-order valence-corrected chi connectivity index (χ0v) is 14.3. The average Bonchev–Trinajstić information content (AvgIpc) is 3.00. The Bertz CT molecular complexity index is 768. The van der Waals surface area contributed by atoms with E-state index < -0.39 is 0 Å². The summed E-state index contributed by atoms with van der Waals surface area (Å²) in [4.78, 5) is 32.0. The molecule has 130 valence electrons. The predicted octanol–water partition coefficient (Wildman–Crippen LogP) is 1.78. The third kappa shape index (κ3) is 4.53. The monoisotopic (exact) mass is 339 g/mol. The molecular formula is C18H21N5O2. The Morgan fingerprint density at radius 3 is 2.40 bits per heavy atom. The number of carbonyl (C=O) groups excluding carboxylic acids is 2. The van der Waals surface area contributed by atoms with Gasteiger partial charge >= 0.3 is 0 Å². The molecule has 1 aliphatic rings. The van der Waals surface area contributed by atoms with Gasteiger partial charge < -0.3 is 16.0 Å². The van der Waals surface area contributed by atoms with Crippen molar-refractivity contribution >= 4 is 23.2 Å². The molecular weight excluding hydrogens is 318 g/mol. The molecule has 1 unspecified atom stereocenters. The van der Waals surface area contributed by atoms with Gasteiger partial charge in [0.2, 0.25) is 11.8 Å². The van der Waals surface area contributed by atoms with Crippen LogP contribution in [-0.4, -0.2) is 28.3 Å². The van der Waals surface area contributed by atoms with E-state index in [9.17, 15) is 9.59 Å². The van der Waals surface area contributed by atoms with Crippen LogP contribution in [0.2, 0.25) is 0 Å². The molecule has 1 fully saturated rings. The minimum absolute atomic E-state index is 0.0756. The fourth-order valence-corrected chi connectivity index (χ4v) is 2.77. The van der Waals surface area contributed by atoms with E-state index in [1.807, 2.05) is 44.2 Å². The van der Waals surface area contributed by atoms with Gasteiger partial charge in [0, 0.05) is 35.7 Å². The molecule has 1 aromatic heterocycles. The Kier molecular flexibility index (Phi) is 4.92. The lowest BCUT2D eigenvalue weighted by Crippen LogP contribution is -2.24. The zero-order chi connectivity index (χ0) is 17.8. The summed E-state index contributed by atoms with van der Waals surface area (Å²) in [6.07, 6.45) is 0.251. The van der Waals surface area contributed by atoms with Gasteiger partial charge in [0.05, 0.1) is 12.5 Å². The molecule has 2 aromatic rings. The van der Waals surface area contributed by atoms with E-state index in [0.717, 1.165) is 22.9 Å². The summed E-state index contributed by atoms with van der Waals surface area (Å²) >= 11 is 0. The van der Waals surface area contributed by atoms with Gasteiger partial charge in [-0.15, -0.1) is 0 Å². The van der Waals surface area contributed by atoms with Crippen LogP contribution < -0.4 is 16.0 Å². The number of hydrogen-bond acceptors (Lipinski definition) is 5. The molecule has 0 radical (unpaired) electrons. The number of benzene rings is 1. The number of hydrogen-bond donors (Lipinski definition) is 3. The van der Waals surface area contributed by atoms with Crippen molar-refractivity contribution in [3.63, 3.8) is 0 Å². The standard InChI is InChI=1S/C18H21N5O2/c1-11-7-12(2)22-16(21-11)10-19-14-3-5-15(6-4-14)23-18(25)13-8-17(24)20-9-13/h3-7,13,19H,8-10H2,1-2H3,(H,20,24)(H,23,25). The quantitative estimate of drug-likeness (QED) is 0.772. The Morgan fingerprint density at radius 2 is 1.80 bits per heavy atom. The summed E-state index contributed by atoms with van der Waals surface area (Å²) in [6.45, 7) is 4.83. The van der Waals surface area contributed by atoms with Crippen molar-refractivity contribution in [2.75, 3.05) is 17.2 Å². The summed E-state index contributed by atoms with van der Waals surface area (Å²) in [5.74, 6) is 0.233. The molecule has 3 N–H and O–H groups in total. The van der Waals surface area contributed by atoms with E-state index in [0.29, 0.717) is 18.8 Å². The third-order valence-electron chi connectivity index (χ3n) is 3.98. The van der Waals surface area contributed by atoms with Crippen LogP contribution in [0.4, 0.5) is 11.4 Å². The first kappa shape index (κ1) is 16.9. The highest BCUT2D eigenvalue weighted by molar-refractivity contribution is 5.97. The number of aromatic nitrogens is 2. The molecule has 0 bridgehead atoms. The van der Waals surface area contributed by atoms with Crippen LogP contribution in [0.15, 0.2) is 30.3 Å². The lowest BCUT2D eigenvalue weighted by atomic mass is 10.1. The maximum absolute atomic E-state index is 12.1. The van der Waals surface area contributed by atoms with E-state index in [-0.39, 0.29) is 24.2 Å². The lowest BCUT2D eigenvalue weighted by Gasteiger charge is -2.11. The largest absolute Gasteiger partial charge is 0.378 e. The molecule has 1 saturated heterocycles. The van der Waals surface area contributed by atoms with Crippen molar-refractivity contribution in [3.8, 4) is 0 Å². The van der Waals surface area contributed by atoms with Gasteiger partial charge in [-0.05, 0) is 44.2 Å². The van der Waals surface area contributed by atoms with Crippen molar-refractivity contribution < 1.29 is 9.59 Å². The molecule has 3 rings (SSSR count). The molecule has 7 heteroatoms. The van der Waals surface area contributed by atoms with Crippen molar-refractivity contribution in [1.29, 1.82) is 0 Å². The number of nitrogens with one attached hydrogen (secondary N) is 3. The first-order valence-electron chi connectivity index (χ1n) is 8.22. The number of anilines is 2. The second-order valence-corrected chi connectivity index (χ2v) is 6.19. The number of carbonyl (C=O) groups is 2. The number of aryl methyl sites for hydroxylation is 2. The van der Waals surface area contributed by atoms with Crippen LogP contribution in [0.5, 0.6) is 0 Å². The number of amides is 2. The third-order valence-corrected chi connectivity index (χ3v) is 3.98. The number of nitrogens with zero attached hydrogens (tertiary/aromatic N) is 2. The van der Waals surface area contributed by atoms with Crippen molar-refractivity contribution in [3.05, 3.63) is 47.5 Å². The lowest BCUT2D eigenvalue weighted by molar-refractivity contribution is -0.123. The second-order valence-electron chi connectivity index (χ2n) is 6.19. The first-order valence-corrected chi connectivity index (χ1v) is 8.22. The molecule has 7 nitrogen and oxygen atoms in total. The molecule has 1 atom stereocenters. The van der Waals surface area contributed by atoms with E-state index in [4.69, 9.17) is 0 Å². The zero-order valence-electron chi connectivity index (χ0n) is 14.3. The van der Waals surface area contributed by atoms with Crippen LogP contribution >= 0.6 is 0 Å².